The Balaban J connectivity index is 1.39. The smallest absolute Gasteiger partial charge is 0.0544 e. The summed E-state index contributed by atoms with van der Waals surface area (Å²) < 4.78 is 4.85. The zero-order chi connectivity index (χ0) is 25.5. The van der Waals surface area contributed by atoms with Crippen molar-refractivity contribution in [2.45, 2.75) is 6.42 Å². The van der Waals surface area contributed by atoms with Crippen molar-refractivity contribution in [2.24, 2.45) is 0 Å². The van der Waals surface area contributed by atoms with Crippen LogP contribution in [0.3, 0.4) is 0 Å². The molecule has 0 amide bonds. The topological polar surface area (TPSA) is 9.86 Å². The Bertz CT molecular complexity index is 2190. The lowest BCUT2D eigenvalue weighted by Crippen LogP contribution is -1.95. The second-order valence-electron chi connectivity index (χ2n) is 10.6. The highest BCUT2D eigenvalue weighted by atomic mass is 15.0. The van der Waals surface area contributed by atoms with E-state index in [2.05, 4.69) is 143 Å². The van der Waals surface area contributed by atoms with E-state index in [1.165, 1.54) is 77.2 Å². The van der Waals surface area contributed by atoms with Gasteiger partial charge in [-0.1, -0.05) is 78.9 Å². The van der Waals surface area contributed by atoms with Gasteiger partial charge in [0, 0.05) is 32.9 Å². The van der Waals surface area contributed by atoms with Crippen molar-refractivity contribution in [3.8, 4) is 22.5 Å². The Morgan fingerprint density at radius 1 is 0.359 bits per heavy atom. The molecular weight excluding hydrogens is 472 g/mol. The van der Waals surface area contributed by atoms with E-state index in [1.807, 2.05) is 0 Å². The number of nitrogens with zero attached hydrogens (tertiary/aromatic N) is 2. The van der Waals surface area contributed by atoms with E-state index in [-0.39, 0.29) is 0 Å². The van der Waals surface area contributed by atoms with E-state index < -0.39 is 0 Å². The lowest BCUT2D eigenvalue weighted by Gasteiger charge is -2.10. The van der Waals surface area contributed by atoms with Gasteiger partial charge in [0.2, 0.25) is 0 Å². The summed E-state index contributed by atoms with van der Waals surface area (Å²) >= 11 is 0. The number of benzene rings is 6. The van der Waals surface area contributed by atoms with Crippen LogP contribution in [0.1, 0.15) is 11.1 Å². The Hall–Kier alpha value is -5.08. The summed E-state index contributed by atoms with van der Waals surface area (Å²) in [6.07, 6.45) is 0.990. The molecule has 0 spiro atoms. The summed E-state index contributed by atoms with van der Waals surface area (Å²) in [5.74, 6) is 0. The molecule has 0 saturated heterocycles. The standard InChI is InChI=1S/C37H24N2/c1-2-11-26(12-3-1)38-36-19-18-27(39-34-16-8-6-14-29(34)30-15-7-9-17-35(30)39)22-32(36)33-23-31-25(21-37(33)38)20-24-10-4-5-13-28(24)31/h1-19,21-23H,20H2. The fourth-order valence-corrected chi connectivity index (χ4v) is 6.83. The average Bonchev–Trinajstić information content (AvgIpc) is 3.63. The molecule has 6 aromatic carbocycles. The fraction of sp³-hybridized carbons (Fsp3) is 0.0270. The molecule has 2 aromatic heterocycles. The second kappa shape index (κ2) is 7.72. The normalized spacial score (nSPS) is 12.5. The molecule has 2 heterocycles. The highest BCUT2D eigenvalue weighted by molar-refractivity contribution is 6.13. The van der Waals surface area contributed by atoms with E-state index in [0.717, 1.165) is 6.42 Å². The predicted octanol–water partition coefficient (Wildman–Crippen LogP) is 9.45. The van der Waals surface area contributed by atoms with Crippen molar-refractivity contribution in [1.29, 1.82) is 0 Å². The van der Waals surface area contributed by atoms with E-state index in [1.54, 1.807) is 0 Å². The number of rotatable bonds is 2. The molecule has 0 bridgehead atoms. The van der Waals surface area contributed by atoms with Gasteiger partial charge in [0.25, 0.3) is 0 Å². The van der Waals surface area contributed by atoms with E-state index in [9.17, 15) is 0 Å². The summed E-state index contributed by atoms with van der Waals surface area (Å²) in [4.78, 5) is 0. The molecule has 0 atom stereocenters. The minimum Gasteiger partial charge on any atom is -0.309 e. The summed E-state index contributed by atoms with van der Waals surface area (Å²) in [6, 6.07) is 48.9. The van der Waals surface area contributed by atoms with Crippen molar-refractivity contribution >= 4 is 43.6 Å². The van der Waals surface area contributed by atoms with Gasteiger partial charge in [-0.3, -0.25) is 0 Å². The molecule has 0 unspecified atom stereocenters. The number of fused-ring (bicyclic) bond motifs is 9. The van der Waals surface area contributed by atoms with Crippen LogP contribution >= 0.6 is 0 Å². The average molecular weight is 497 g/mol. The van der Waals surface area contributed by atoms with Gasteiger partial charge in [-0.2, -0.15) is 0 Å². The molecule has 182 valence electrons. The van der Waals surface area contributed by atoms with Crippen molar-refractivity contribution in [3.05, 3.63) is 145 Å². The van der Waals surface area contributed by atoms with Crippen LogP contribution in [-0.2, 0) is 6.42 Å². The maximum Gasteiger partial charge on any atom is 0.0544 e. The molecule has 2 nitrogen and oxygen atoms in total. The largest absolute Gasteiger partial charge is 0.309 e. The Labute approximate surface area is 226 Å². The quantitative estimate of drug-likeness (QED) is 0.226. The van der Waals surface area contributed by atoms with Gasteiger partial charge in [0.05, 0.1) is 22.1 Å². The van der Waals surface area contributed by atoms with Gasteiger partial charge < -0.3 is 9.13 Å². The number of hydrogen-bond donors (Lipinski definition) is 0. The van der Waals surface area contributed by atoms with Crippen LogP contribution < -0.4 is 0 Å². The molecule has 0 radical (unpaired) electrons. The van der Waals surface area contributed by atoms with Crippen LogP contribution in [0.5, 0.6) is 0 Å². The predicted molar refractivity (Wildman–Crippen MR) is 163 cm³/mol. The van der Waals surface area contributed by atoms with E-state index in [0.29, 0.717) is 0 Å². The Morgan fingerprint density at radius 2 is 0.974 bits per heavy atom. The molecule has 39 heavy (non-hydrogen) atoms. The van der Waals surface area contributed by atoms with Gasteiger partial charge in [-0.05, 0) is 83.3 Å². The van der Waals surface area contributed by atoms with Crippen molar-refractivity contribution in [1.82, 2.24) is 9.13 Å². The summed E-state index contributed by atoms with van der Waals surface area (Å²) in [5.41, 5.74) is 12.9. The first kappa shape index (κ1) is 20.9. The van der Waals surface area contributed by atoms with Gasteiger partial charge in [0.1, 0.15) is 0 Å². The van der Waals surface area contributed by atoms with Crippen molar-refractivity contribution < 1.29 is 0 Å². The molecule has 1 aliphatic rings. The molecule has 2 heteroatoms. The molecule has 0 N–H and O–H groups in total. The Kier molecular flexibility index (Phi) is 4.14. The lowest BCUT2D eigenvalue weighted by molar-refractivity contribution is 1.16. The molecule has 9 rings (SSSR count). The van der Waals surface area contributed by atoms with Gasteiger partial charge in [-0.25, -0.2) is 0 Å². The first-order valence-electron chi connectivity index (χ1n) is 13.6. The third-order valence-corrected chi connectivity index (χ3v) is 8.51. The molecule has 0 fully saturated rings. The maximum atomic E-state index is 2.44. The van der Waals surface area contributed by atoms with Crippen LogP contribution in [0.2, 0.25) is 0 Å². The molecule has 0 saturated carbocycles. The lowest BCUT2D eigenvalue weighted by atomic mass is 10.0. The van der Waals surface area contributed by atoms with Crippen LogP contribution in [0, 0.1) is 0 Å². The van der Waals surface area contributed by atoms with Gasteiger partial charge in [-0.15, -0.1) is 0 Å². The first-order chi connectivity index (χ1) is 19.3. The minimum atomic E-state index is 0.990. The van der Waals surface area contributed by atoms with Crippen molar-refractivity contribution in [2.75, 3.05) is 0 Å². The minimum absolute atomic E-state index is 0.990. The third kappa shape index (κ3) is 2.86. The summed E-state index contributed by atoms with van der Waals surface area (Å²) in [7, 11) is 0. The van der Waals surface area contributed by atoms with Crippen LogP contribution in [0.15, 0.2) is 133 Å². The maximum absolute atomic E-state index is 2.44. The number of para-hydroxylation sites is 3. The molecular formula is C37H24N2. The second-order valence-corrected chi connectivity index (χ2v) is 10.6. The summed E-state index contributed by atoms with van der Waals surface area (Å²) in [5, 5.41) is 5.15. The highest BCUT2D eigenvalue weighted by Crippen LogP contribution is 2.43. The first-order valence-corrected chi connectivity index (χ1v) is 13.6. The molecule has 0 aliphatic heterocycles. The fourth-order valence-electron chi connectivity index (χ4n) is 6.83. The van der Waals surface area contributed by atoms with E-state index >= 15 is 0 Å². The monoisotopic (exact) mass is 496 g/mol. The third-order valence-electron chi connectivity index (χ3n) is 8.51. The Morgan fingerprint density at radius 3 is 1.77 bits per heavy atom. The zero-order valence-corrected chi connectivity index (χ0v) is 21.3. The van der Waals surface area contributed by atoms with Crippen LogP contribution in [-0.4, -0.2) is 9.13 Å². The number of hydrogen-bond acceptors (Lipinski definition) is 0. The van der Waals surface area contributed by atoms with Crippen LogP contribution in [0.4, 0.5) is 0 Å². The van der Waals surface area contributed by atoms with Gasteiger partial charge >= 0.3 is 0 Å². The van der Waals surface area contributed by atoms with Crippen LogP contribution in [0.25, 0.3) is 66.1 Å². The van der Waals surface area contributed by atoms with Crippen molar-refractivity contribution in [3.63, 3.8) is 0 Å². The highest BCUT2D eigenvalue weighted by Gasteiger charge is 2.22. The molecule has 8 aromatic rings. The number of aromatic nitrogens is 2. The summed E-state index contributed by atoms with van der Waals surface area (Å²) in [6.45, 7) is 0. The van der Waals surface area contributed by atoms with Gasteiger partial charge in [0.15, 0.2) is 0 Å². The zero-order valence-electron chi connectivity index (χ0n) is 21.3. The SMILES string of the molecule is c1ccc(-n2c3ccc(-n4c5ccccc5c5ccccc54)cc3c3cc4c(cc32)Cc2ccccc2-4)cc1. The van der Waals surface area contributed by atoms with E-state index in [4.69, 9.17) is 0 Å². The molecule has 1 aliphatic carbocycles.